The Bertz CT molecular complexity index is 51.9. The van der Waals surface area contributed by atoms with Crippen molar-refractivity contribution in [2.24, 2.45) is 0 Å². The maximum Gasteiger partial charge on any atom is 0.0260 e. The molecule has 0 aliphatic carbocycles. The van der Waals surface area contributed by atoms with Gasteiger partial charge < -0.3 is 0 Å². The molecule has 2 heteroatoms. The van der Waals surface area contributed by atoms with Gasteiger partial charge in [0.05, 0.1) is 0 Å². The van der Waals surface area contributed by atoms with Crippen molar-refractivity contribution in [3.8, 4) is 0 Å². The zero-order valence-electron chi connectivity index (χ0n) is 2.73. The van der Waals surface area contributed by atoms with Gasteiger partial charge in [-0.05, 0) is 0 Å². The Hall–Kier alpha value is 0.440. The number of thioether (sulfide) groups is 1. The second kappa shape index (κ2) is 1.27. The van der Waals surface area contributed by atoms with E-state index in [1.165, 1.54) is 4.86 Å². The van der Waals surface area contributed by atoms with Crippen LogP contribution in [0.25, 0.3) is 0 Å². The van der Waals surface area contributed by atoms with Gasteiger partial charge in [0.25, 0.3) is 0 Å². The molecule has 0 saturated carbocycles. The van der Waals surface area contributed by atoms with Gasteiger partial charge in [-0.1, -0.05) is 12.2 Å². The minimum absolute atomic E-state index is 1.13. The lowest BCUT2D eigenvalue weighted by Gasteiger charge is -2.09. The van der Waals surface area contributed by atoms with Crippen LogP contribution >= 0.6 is 24.0 Å². The highest BCUT2D eigenvalue weighted by molar-refractivity contribution is 8.06. The van der Waals surface area contributed by atoms with Gasteiger partial charge >= 0.3 is 0 Å². The van der Waals surface area contributed by atoms with Crippen LogP contribution < -0.4 is 0 Å². The average Bonchev–Trinajstić information content (AvgIpc) is 1.30. The Morgan fingerprint density at radius 2 is 2.00 bits per heavy atom. The van der Waals surface area contributed by atoms with Gasteiger partial charge in [-0.2, -0.15) is 11.8 Å². The highest BCUT2D eigenvalue weighted by atomic mass is 32.2. The van der Waals surface area contributed by atoms with Crippen molar-refractivity contribution in [1.82, 2.24) is 0 Å². The van der Waals surface area contributed by atoms with E-state index >= 15 is 0 Å². The summed E-state index contributed by atoms with van der Waals surface area (Å²) in [7, 11) is 0. The summed E-state index contributed by atoms with van der Waals surface area (Å²) in [5, 5.41) is 0. The van der Waals surface area contributed by atoms with Crippen molar-refractivity contribution in [2.75, 3.05) is 11.5 Å². The summed E-state index contributed by atoms with van der Waals surface area (Å²) in [5.41, 5.74) is 0. The minimum Gasteiger partial charge on any atom is -0.151 e. The van der Waals surface area contributed by atoms with Crippen LogP contribution in [-0.4, -0.2) is 16.4 Å². The van der Waals surface area contributed by atoms with Crippen LogP contribution in [0.15, 0.2) is 0 Å². The first-order valence-electron chi connectivity index (χ1n) is 1.49. The van der Waals surface area contributed by atoms with Crippen LogP contribution in [0.5, 0.6) is 0 Å². The van der Waals surface area contributed by atoms with Crippen LogP contribution in [0, 0.1) is 0 Å². The minimum atomic E-state index is 1.13. The maximum absolute atomic E-state index is 4.76. The van der Waals surface area contributed by atoms with E-state index in [4.69, 9.17) is 12.2 Å². The second-order valence-electron chi connectivity index (χ2n) is 1.03. The summed E-state index contributed by atoms with van der Waals surface area (Å²) in [4.78, 5) is 1.23. The van der Waals surface area contributed by atoms with Crippen LogP contribution in [0.4, 0.5) is 0 Å². The van der Waals surface area contributed by atoms with Gasteiger partial charge in [-0.3, -0.25) is 0 Å². The molecule has 1 aliphatic heterocycles. The van der Waals surface area contributed by atoms with E-state index in [0.717, 1.165) is 11.5 Å². The maximum atomic E-state index is 4.76. The Balaban J connectivity index is 2.32. The SMILES string of the molecule is S=C1CSC1. The molecule has 0 radical (unpaired) electrons. The van der Waals surface area contributed by atoms with E-state index < -0.39 is 0 Å². The Labute approximate surface area is 40.9 Å². The van der Waals surface area contributed by atoms with Gasteiger partial charge in [0.2, 0.25) is 0 Å². The Kier molecular flexibility index (Phi) is 0.918. The molecule has 1 aliphatic rings. The summed E-state index contributed by atoms with van der Waals surface area (Å²) in [5.74, 6) is 2.27. The molecule has 1 heterocycles. The third-order valence-corrected chi connectivity index (χ3v) is 2.29. The molecule has 0 unspecified atom stereocenters. The van der Waals surface area contributed by atoms with Gasteiger partial charge in [0.1, 0.15) is 0 Å². The molecule has 0 aromatic heterocycles. The third-order valence-electron chi connectivity index (χ3n) is 0.526. The fourth-order valence-electron chi connectivity index (χ4n) is 0.185. The van der Waals surface area contributed by atoms with Gasteiger partial charge in [-0.25, -0.2) is 0 Å². The van der Waals surface area contributed by atoms with Crippen LogP contribution in [0.3, 0.4) is 0 Å². The molecule has 28 valence electrons. The molecule has 0 N–H and O–H groups in total. The summed E-state index contributed by atoms with van der Waals surface area (Å²) in [6.45, 7) is 0. The molecule has 1 saturated heterocycles. The van der Waals surface area contributed by atoms with Crippen LogP contribution in [0.1, 0.15) is 0 Å². The fourth-order valence-corrected chi connectivity index (χ4v) is 1.06. The molecule has 1 fully saturated rings. The van der Waals surface area contributed by atoms with E-state index in [1.54, 1.807) is 0 Å². The van der Waals surface area contributed by atoms with E-state index in [0.29, 0.717) is 0 Å². The fraction of sp³-hybridized carbons (Fsp3) is 0.667. The summed E-state index contributed by atoms with van der Waals surface area (Å²) in [6, 6.07) is 0. The molecular weight excluding hydrogens is 100 g/mol. The first-order valence-corrected chi connectivity index (χ1v) is 3.05. The van der Waals surface area contributed by atoms with Crippen molar-refractivity contribution in [2.45, 2.75) is 0 Å². The average molecular weight is 104 g/mol. The second-order valence-corrected chi connectivity index (χ2v) is 2.59. The summed E-state index contributed by atoms with van der Waals surface area (Å²) < 4.78 is 0. The third kappa shape index (κ3) is 0.637. The van der Waals surface area contributed by atoms with Crippen LogP contribution in [-0.2, 0) is 0 Å². The van der Waals surface area contributed by atoms with Crippen molar-refractivity contribution in [3.05, 3.63) is 0 Å². The molecule has 0 aromatic rings. The summed E-state index contributed by atoms with van der Waals surface area (Å²) in [6.07, 6.45) is 0. The normalized spacial score (nSPS) is 22.0. The lowest BCUT2D eigenvalue weighted by molar-refractivity contribution is 1.77. The predicted octanol–water partition coefficient (Wildman–Crippen LogP) is 1.10. The quantitative estimate of drug-likeness (QED) is 0.422. The van der Waals surface area contributed by atoms with Gasteiger partial charge in [-0.15, -0.1) is 0 Å². The number of rotatable bonds is 0. The monoisotopic (exact) mass is 104 g/mol. The van der Waals surface area contributed by atoms with E-state index in [2.05, 4.69) is 0 Å². The van der Waals surface area contributed by atoms with Crippen molar-refractivity contribution < 1.29 is 0 Å². The molecule has 5 heavy (non-hydrogen) atoms. The first-order chi connectivity index (χ1) is 2.39. The molecule has 0 nitrogen and oxygen atoms in total. The highest BCUT2D eigenvalue weighted by Gasteiger charge is 2.05. The highest BCUT2D eigenvalue weighted by Crippen LogP contribution is 2.12. The zero-order valence-corrected chi connectivity index (χ0v) is 4.36. The van der Waals surface area contributed by atoms with Crippen LogP contribution in [0.2, 0.25) is 0 Å². The number of hydrogen-bond donors (Lipinski definition) is 0. The number of thiocarbonyl (C=S) groups is 1. The van der Waals surface area contributed by atoms with Crippen molar-refractivity contribution in [1.29, 1.82) is 0 Å². The van der Waals surface area contributed by atoms with Crippen molar-refractivity contribution >= 4 is 28.8 Å². The molecule has 0 atom stereocenters. The topological polar surface area (TPSA) is 0 Å². The number of hydrogen-bond acceptors (Lipinski definition) is 2. The largest absolute Gasteiger partial charge is 0.151 e. The van der Waals surface area contributed by atoms with Crippen molar-refractivity contribution in [3.63, 3.8) is 0 Å². The van der Waals surface area contributed by atoms with E-state index in [-0.39, 0.29) is 0 Å². The Morgan fingerprint density at radius 1 is 1.60 bits per heavy atom. The molecule has 0 bridgehead atoms. The molecule has 0 spiro atoms. The Morgan fingerprint density at radius 3 is 2.00 bits per heavy atom. The first kappa shape index (κ1) is 3.62. The van der Waals surface area contributed by atoms with E-state index in [1.807, 2.05) is 11.8 Å². The zero-order chi connectivity index (χ0) is 3.70. The summed E-state index contributed by atoms with van der Waals surface area (Å²) >= 11 is 6.67. The van der Waals surface area contributed by atoms with Gasteiger partial charge in [0, 0.05) is 16.4 Å². The molecule has 1 rings (SSSR count). The lowest BCUT2D eigenvalue weighted by atomic mass is 10.5. The molecule has 0 amide bonds. The molecule has 0 aromatic carbocycles. The predicted molar refractivity (Wildman–Crippen MR) is 29.9 cm³/mol. The standard InChI is InChI=1S/C3H4S2/c4-3-1-5-2-3/h1-2H2. The smallest absolute Gasteiger partial charge is 0.0260 e. The lowest BCUT2D eigenvalue weighted by Crippen LogP contribution is -2.12. The van der Waals surface area contributed by atoms with E-state index in [9.17, 15) is 0 Å². The van der Waals surface area contributed by atoms with Gasteiger partial charge in [0.15, 0.2) is 0 Å². The molecular formula is C3H4S2.